The van der Waals surface area contributed by atoms with Crippen molar-refractivity contribution >= 4 is 15.7 Å². The van der Waals surface area contributed by atoms with Crippen molar-refractivity contribution in [1.29, 1.82) is 0 Å². The number of rotatable bonds is 7. The Morgan fingerprint density at radius 2 is 2.24 bits per heavy atom. The molecule has 0 aliphatic heterocycles. The number of hydrogen-bond acceptors (Lipinski definition) is 6. The quantitative estimate of drug-likeness (QED) is 0.499. The first-order valence-electron chi connectivity index (χ1n) is 6.30. The van der Waals surface area contributed by atoms with E-state index in [9.17, 15) is 8.42 Å². The highest BCUT2D eigenvalue weighted by Crippen LogP contribution is 2.24. The predicted octanol–water partition coefficient (Wildman–Crippen LogP) is 0.307. The van der Waals surface area contributed by atoms with Crippen molar-refractivity contribution in [1.82, 2.24) is 19.9 Å². The molecule has 21 heavy (non-hydrogen) atoms. The molecule has 9 heteroatoms. The fourth-order valence-electron chi connectivity index (χ4n) is 1.76. The Morgan fingerprint density at radius 1 is 1.43 bits per heavy atom. The monoisotopic (exact) mass is 311 g/mol. The van der Waals surface area contributed by atoms with Crippen LogP contribution < -0.4 is 15.2 Å². The Hall–Kier alpha value is -2.13. The van der Waals surface area contributed by atoms with Gasteiger partial charge in [-0.05, 0) is 18.6 Å². The molecule has 0 fully saturated rings. The van der Waals surface area contributed by atoms with Crippen LogP contribution in [0.15, 0.2) is 29.4 Å². The molecule has 1 heterocycles. The first-order valence-corrected chi connectivity index (χ1v) is 7.78. The molecule has 0 saturated heterocycles. The van der Waals surface area contributed by atoms with Crippen LogP contribution in [-0.2, 0) is 16.4 Å². The van der Waals surface area contributed by atoms with Crippen LogP contribution in [-0.4, -0.2) is 37.3 Å². The number of aryl methyl sites for hydroxylation is 1. The molecule has 0 radical (unpaired) electrons. The second kappa shape index (κ2) is 6.55. The maximum absolute atomic E-state index is 12.1. The molecule has 0 atom stereocenters. The summed E-state index contributed by atoms with van der Waals surface area (Å²) in [5, 5.41) is 6.44. The van der Waals surface area contributed by atoms with Crippen molar-refractivity contribution in [3.63, 3.8) is 0 Å². The van der Waals surface area contributed by atoms with E-state index in [-0.39, 0.29) is 4.90 Å². The SMILES string of the molecule is COc1cc(S(=O)(=O)NCCCc2ncn[nH]2)ccc1N. The van der Waals surface area contributed by atoms with Crippen LogP contribution in [0.1, 0.15) is 12.2 Å². The molecule has 0 saturated carbocycles. The number of aromatic amines is 1. The molecule has 0 amide bonds. The number of methoxy groups -OCH3 is 1. The molecule has 114 valence electrons. The van der Waals surface area contributed by atoms with Crippen molar-refractivity contribution in [2.24, 2.45) is 0 Å². The third kappa shape index (κ3) is 3.92. The third-order valence-corrected chi connectivity index (χ3v) is 4.32. The van der Waals surface area contributed by atoms with E-state index in [0.29, 0.717) is 30.8 Å². The highest BCUT2D eigenvalue weighted by molar-refractivity contribution is 7.89. The summed E-state index contributed by atoms with van der Waals surface area (Å²) in [4.78, 5) is 4.09. The summed E-state index contributed by atoms with van der Waals surface area (Å²) >= 11 is 0. The Labute approximate surface area is 122 Å². The van der Waals surface area contributed by atoms with Gasteiger partial charge >= 0.3 is 0 Å². The van der Waals surface area contributed by atoms with Gasteiger partial charge in [-0.1, -0.05) is 0 Å². The van der Waals surface area contributed by atoms with Crippen molar-refractivity contribution in [3.05, 3.63) is 30.4 Å². The summed E-state index contributed by atoms with van der Waals surface area (Å²) in [5.74, 6) is 1.06. The summed E-state index contributed by atoms with van der Waals surface area (Å²) in [6.07, 6.45) is 2.65. The average Bonchev–Trinajstić information content (AvgIpc) is 2.97. The summed E-state index contributed by atoms with van der Waals surface area (Å²) < 4.78 is 31.8. The number of benzene rings is 1. The fourth-order valence-corrected chi connectivity index (χ4v) is 2.84. The highest BCUT2D eigenvalue weighted by Gasteiger charge is 2.15. The van der Waals surface area contributed by atoms with Gasteiger partial charge in [-0.15, -0.1) is 0 Å². The Morgan fingerprint density at radius 3 is 2.90 bits per heavy atom. The maximum Gasteiger partial charge on any atom is 0.240 e. The molecule has 4 N–H and O–H groups in total. The van der Waals surface area contributed by atoms with Gasteiger partial charge in [-0.3, -0.25) is 5.10 Å². The lowest BCUT2D eigenvalue weighted by Crippen LogP contribution is -2.25. The Bertz CT molecular complexity index is 685. The zero-order chi connectivity index (χ0) is 15.3. The minimum absolute atomic E-state index is 0.119. The maximum atomic E-state index is 12.1. The van der Waals surface area contributed by atoms with E-state index in [4.69, 9.17) is 10.5 Å². The normalized spacial score (nSPS) is 11.5. The van der Waals surface area contributed by atoms with E-state index >= 15 is 0 Å². The molecule has 2 rings (SSSR count). The second-order valence-electron chi connectivity index (χ2n) is 4.34. The lowest BCUT2D eigenvalue weighted by Gasteiger charge is -2.09. The minimum Gasteiger partial charge on any atom is -0.495 e. The molecular weight excluding hydrogens is 294 g/mol. The molecule has 0 bridgehead atoms. The molecule has 0 unspecified atom stereocenters. The zero-order valence-electron chi connectivity index (χ0n) is 11.5. The van der Waals surface area contributed by atoms with Gasteiger partial charge in [0, 0.05) is 19.0 Å². The summed E-state index contributed by atoms with van der Waals surface area (Å²) in [7, 11) is -2.15. The van der Waals surface area contributed by atoms with Crippen LogP contribution in [0.3, 0.4) is 0 Å². The lowest BCUT2D eigenvalue weighted by atomic mass is 10.3. The van der Waals surface area contributed by atoms with Gasteiger partial charge < -0.3 is 10.5 Å². The van der Waals surface area contributed by atoms with E-state index in [2.05, 4.69) is 19.9 Å². The van der Waals surface area contributed by atoms with Crippen LogP contribution >= 0.6 is 0 Å². The van der Waals surface area contributed by atoms with E-state index in [0.717, 1.165) is 5.82 Å². The van der Waals surface area contributed by atoms with E-state index < -0.39 is 10.0 Å². The van der Waals surface area contributed by atoms with Crippen LogP contribution in [0.5, 0.6) is 5.75 Å². The van der Waals surface area contributed by atoms with Crippen LogP contribution in [0.2, 0.25) is 0 Å². The second-order valence-corrected chi connectivity index (χ2v) is 6.10. The number of anilines is 1. The number of nitrogen functional groups attached to an aromatic ring is 1. The summed E-state index contributed by atoms with van der Waals surface area (Å²) in [6.45, 7) is 0.301. The van der Waals surface area contributed by atoms with Gasteiger partial charge in [0.05, 0.1) is 17.7 Å². The number of nitrogens with two attached hydrogens (primary N) is 1. The summed E-state index contributed by atoms with van der Waals surface area (Å²) in [5.41, 5.74) is 6.05. The van der Waals surface area contributed by atoms with Crippen molar-refractivity contribution in [2.75, 3.05) is 19.4 Å². The largest absolute Gasteiger partial charge is 0.495 e. The highest BCUT2D eigenvalue weighted by atomic mass is 32.2. The van der Waals surface area contributed by atoms with Crippen molar-refractivity contribution < 1.29 is 13.2 Å². The molecule has 0 aliphatic rings. The Kier molecular flexibility index (Phi) is 4.76. The molecule has 0 spiro atoms. The van der Waals surface area contributed by atoms with E-state index in [1.165, 1.54) is 31.6 Å². The topological polar surface area (TPSA) is 123 Å². The molecule has 0 aliphatic carbocycles. The van der Waals surface area contributed by atoms with E-state index in [1.807, 2.05) is 0 Å². The smallest absolute Gasteiger partial charge is 0.240 e. The number of ether oxygens (including phenoxy) is 1. The zero-order valence-corrected chi connectivity index (χ0v) is 12.4. The number of nitrogens with zero attached hydrogens (tertiary/aromatic N) is 2. The molecule has 2 aromatic rings. The van der Waals surface area contributed by atoms with Crippen LogP contribution in [0, 0.1) is 0 Å². The van der Waals surface area contributed by atoms with Gasteiger partial charge in [-0.25, -0.2) is 18.1 Å². The summed E-state index contributed by atoms with van der Waals surface area (Å²) in [6, 6.07) is 4.34. The number of sulfonamides is 1. The average molecular weight is 311 g/mol. The van der Waals surface area contributed by atoms with Gasteiger partial charge in [0.1, 0.15) is 17.9 Å². The van der Waals surface area contributed by atoms with Crippen molar-refractivity contribution in [3.8, 4) is 5.75 Å². The van der Waals surface area contributed by atoms with Crippen LogP contribution in [0.4, 0.5) is 5.69 Å². The number of hydrogen-bond donors (Lipinski definition) is 3. The molecule has 1 aromatic carbocycles. The first kappa shape index (κ1) is 15.3. The number of aromatic nitrogens is 3. The van der Waals surface area contributed by atoms with E-state index in [1.54, 1.807) is 0 Å². The first-order chi connectivity index (χ1) is 10.0. The van der Waals surface area contributed by atoms with Gasteiger partial charge in [0.15, 0.2) is 0 Å². The third-order valence-electron chi connectivity index (χ3n) is 2.86. The Balaban J connectivity index is 1.95. The van der Waals surface area contributed by atoms with Crippen LogP contribution in [0.25, 0.3) is 0 Å². The standard InChI is InChI=1S/C12H17N5O3S/c1-20-11-7-9(4-5-10(11)13)21(18,19)16-6-2-3-12-14-8-15-17-12/h4-5,7-8,16H,2-3,6,13H2,1H3,(H,14,15,17). The van der Waals surface area contributed by atoms with Gasteiger partial charge in [0.2, 0.25) is 10.0 Å². The van der Waals surface area contributed by atoms with Gasteiger partial charge in [-0.2, -0.15) is 5.10 Å². The lowest BCUT2D eigenvalue weighted by molar-refractivity contribution is 0.415. The van der Waals surface area contributed by atoms with Gasteiger partial charge in [0.25, 0.3) is 0 Å². The number of H-pyrrole nitrogens is 1. The number of nitrogens with one attached hydrogen (secondary N) is 2. The van der Waals surface area contributed by atoms with Crippen molar-refractivity contribution in [2.45, 2.75) is 17.7 Å². The molecular formula is C12H17N5O3S. The molecule has 1 aromatic heterocycles. The fraction of sp³-hybridized carbons (Fsp3) is 0.333. The minimum atomic E-state index is -3.58. The predicted molar refractivity (Wildman–Crippen MR) is 77.3 cm³/mol. The molecule has 8 nitrogen and oxygen atoms in total.